The van der Waals surface area contributed by atoms with Crippen molar-refractivity contribution < 1.29 is 9.47 Å². The van der Waals surface area contributed by atoms with E-state index in [0.717, 1.165) is 34.6 Å². The summed E-state index contributed by atoms with van der Waals surface area (Å²) in [4.78, 5) is 19.8. The minimum Gasteiger partial charge on any atom is -0.497 e. The van der Waals surface area contributed by atoms with Gasteiger partial charge in [-0.05, 0) is 81.8 Å². The zero-order valence-corrected chi connectivity index (χ0v) is 19.8. The molecule has 3 rings (SSSR count). The third kappa shape index (κ3) is 6.21. The van der Waals surface area contributed by atoms with Crippen molar-refractivity contribution in [2.75, 3.05) is 46.2 Å². The molecule has 7 nitrogen and oxygen atoms in total. The lowest BCUT2D eigenvalue weighted by Gasteiger charge is -2.27. The van der Waals surface area contributed by atoms with Gasteiger partial charge in [0.2, 0.25) is 0 Å². The normalized spacial score (nSPS) is 10.9. The van der Waals surface area contributed by atoms with Crippen LogP contribution in [0.2, 0.25) is 0 Å². The Labute approximate surface area is 193 Å². The Morgan fingerprint density at radius 1 is 1.06 bits per heavy atom. The number of likely N-dealkylation sites (N-methyl/N-ethyl adjacent to an activating group) is 1. The number of hydrogen-bond donors (Lipinski definition) is 2. The summed E-state index contributed by atoms with van der Waals surface area (Å²) in [7, 11) is 5.65. The Bertz CT molecular complexity index is 1110. The molecule has 0 radical (unpaired) electrons. The van der Waals surface area contributed by atoms with E-state index in [2.05, 4.69) is 15.2 Å². The monoisotopic (exact) mass is 454 g/mol. The molecule has 0 amide bonds. The van der Waals surface area contributed by atoms with Crippen LogP contribution in [-0.4, -0.2) is 60.8 Å². The number of pyridine rings is 1. The van der Waals surface area contributed by atoms with E-state index >= 15 is 0 Å². The molecular formula is C24H30N4O3S. The van der Waals surface area contributed by atoms with E-state index in [9.17, 15) is 4.79 Å². The van der Waals surface area contributed by atoms with Crippen LogP contribution in [0.25, 0.3) is 10.9 Å². The average molecular weight is 455 g/mol. The molecule has 0 saturated carbocycles. The predicted octanol–water partition coefficient (Wildman–Crippen LogP) is 3.70. The van der Waals surface area contributed by atoms with Crippen LogP contribution < -0.4 is 20.3 Å². The van der Waals surface area contributed by atoms with Gasteiger partial charge in [-0.25, -0.2) is 0 Å². The first-order chi connectivity index (χ1) is 15.4. The maximum Gasteiger partial charge on any atom is 0.253 e. The van der Waals surface area contributed by atoms with E-state index < -0.39 is 0 Å². The summed E-state index contributed by atoms with van der Waals surface area (Å²) in [5.41, 5.74) is 2.15. The number of fused-ring (bicyclic) bond motifs is 1. The molecule has 0 saturated heterocycles. The first-order valence-corrected chi connectivity index (χ1v) is 10.9. The quantitative estimate of drug-likeness (QED) is 0.478. The van der Waals surface area contributed by atoms with Gasteiger partial charge in [0.15, 0.2) is 5.11 Å². The van der Waals surface area contributed by atoms with Gasteiger partial charge >= 0.3 is 0 Å². The van der Waals surface area contributed by atoms with Crippen molar-refractivity contribution in [3.63, 3.8) is 0 Å². The lowest BCUT2D eigenvalue weighted by Crippen LogP contribution is -2.40. The Kier molecular flexibility index (Phi) is 8.08. The molecule has 0 bridgehead atoms. The average Bonchev–Trinajstić information content (AvgIpc) is 2.77. The molecule has 1 heterocycles. The van der Waals surface area contributed by atoms with Gasteiger partial charge in [-0.1, -0.05) is 0 Å². The van der Waals surface area contributed by atoms with E-state index in [-0.39, 0.29) is 5.56 Å². The molecule has 0 aliphatic heterocycles. The molecule has 2 N–H and O–H groups in total. The molecule has 1 aromatic heterocycles. The molecule has 0 atom stereocenters. The number of hydrogen-bond acceptors (Lipinski definition) is 5. The van der Waals surface area contributed by atoms with Gasteiger partial charge in [0, 0.05) is 35.2 Å². The molecular weight excluding hydrogens is 424 g/mol. The first kappa shape index (κ1) is 23.6. The third-order valence-electron chi connectivity index (χ3n) is 5.01. The Morgan fingerprint density at radius 2 is 1.78 bits per heavy atom. The highest BCUT2D eigenvalue weighted by Crippen LogP contribution is 2.20. The zero-order chi connectivity index (χ0) is 23.1. The van der Waals surface area contributed by atoms with E-state index in [0.29, 0.717) is 30.4 Å². The third-order valence-corrected chi connectivity index (χ3v) is 5.37. The summed E-state index contributed by atoms with van der Waals surface area (Å²) >= 11 is 5.70. The number of nitrogens with one attached hydrogen (secondary N) is 2. The Balaban J connectivity index is 1.82. The fourth-order valence-electron chi connectivity index (χ4n) is 3.26. The van der Waals surface area contributed by atoms with Crippen LogP contribution in [0.15, 0.2) is 53.3 Å². The summed E-state index contributed by atoms with van der Waals surface area (Å²) < 4.78 is 10.8. The second kappa shape index (κ2) is 11.0. The summed E-state index contributed by atoms with van der Waals surface area (Å²) in [6.45, 7) is 4.43. The number of aromatic nitrogens is 1. The molecule has 32 heavy (non-hydrogen) atoms. The summed E-state index contributed by atoms with van der Waals surface area (Å²) in [5.74, 6) is 1.55. The van der Waals surface area contributed by atoms with Crippen LogP contribution in [0.3, 0.4) is 0 Å². The van der Waals surface area contributed by atoms with Gasteiger partial charge in [-0.15, -0.1) is 0 Å². The molecule has 2 aromatic carbocycles. The highest BCUT2D eigenvalue weighted by atomic mass is 32.1. The Hall–Kier alpha value is -3.10. The van der Waals surface area contributed by atoms with Gasteiger partial charge in [0.05, 0.1) is 20.3 Å². The highest BCUT2D eigenvalue weighted by molar-refractivity contribution is 7.80. The van der Waals surface area contributed by atoms with Gasteiger partial charge in [0.1, 0.15) is 11.5 Å². The zero-order valence-electron chi connectivity index (χ0n) is 19.0. The molecule has 0 spiro atoms. The number of ether oxygens (including phenoxy) is 2. The topological polar surface area (TPSA) is 69.8 Å². The molecule has 0 unspecified atom stereocenters. The second-order valence-electron chi connectivity index (χ2n) is 7.69. The van der Waals surface area contributed by atoms with Crippen LogP contribution in [0, 0.1) is 0 Å². The van der Waals surface area contributed by atoms with E-state index in [1.165, 1.54) is 0 Å². The molecule has 170 valence electrons. The SMILES string of the molecule is CCOc1ccc(NC(=S)N(CCN(C)C)Cc2cc3cc(OC)ccc3[nH]c2=O)cc1. The van der Waals surface area contributed by atoms with Crippen molar-refractivity contribution in [2.24, 2.45) is 0 Å². The number of anilines is 1. The van der Waals surface area contributed by atoms with Crippen LogP contribution in [0.1, 0.15) is 12.5 Å². The molecule has 0 fully saturated rings. The first-order valence-electron chi connectivity index (χ1n) is 10.5. The molecule has 3 aromatic rings. The van der Waals surface area contributed by atoms with Crippen molar-refractivity contribution in [3.05, 3.63) is 64.4 Å². The molecule has 8 heteroatoms. The minimum absolute atomic E-state index is 0.124. The summed E-state index contributed by atoms with van der Waals surface area (Å²) in [5, 5.41) is 4.75. The lowest BCUT2D eigenvalue weighted by molar-refractivity contribution is 0.327. The van der Waals surface area contributed by atoms with Gasteiger partial charge in [-0.2, -0.15) is 0 Å². The standard InChI is InChI=1S/C24H30N4O3S/c1-5-31-20-8-6-19(7-9-20)25-24(32)28(13-12-27(2)3)16-18-14-17-15-21(30-4)10-11-22(17)26-23(18)29/h6-11,14-15H,5,12-13,16H2,1-4H3,(H,25,32)(H,26,29). The number of methoxy groups -OCH3 is 1. The van der Waals surface area contributed by atoms with E-state index in [4.69, 9.17) is 21.7 Å². The highest BCUT2D eigenvalue weighted by Gasteiger charge is 2.14. The number of nitrogens with zero attached hydrogens (tertiary/aromatic N) is 2. The summed E-state index contributed by atoms with van der Waals surface area (Å²) in [6.07, 6.45) is 0. The van der Waals surface area contributed by atoms with Crippen molar-refractivity contribution in [2.45, 2.75) is 13.5 Å². The van der Waals surface area contributed by atoms with Crippen molar-refractivity contribution in [3.8, 4) is 11.5 Å². The number of H-pyrrole nitrogens is 1. The van der Waals surface area contributed by atoms with E-state index in [1.807, 2.05) is 74.4 Å². The summed E-state index contributed by atoms with van der Waals surface area (Å²) in [6, 6.07) is 15.2. The van der Waals surface area contributed by atoms with Crippen LogP contribution in [-0.2, 0) is 6.54 Å². The maximum atomic E-state index is 12.7. The van der Waals surface area contributed by atoms with Crippen LogP contribution >= 0.6 is 12.2 Å². The lowest BCUT2D eigenvalue weighted by atomic mass is 10.1. The Morgan fingerprint density at radius 3 is 2.44 bits per heavy atom. The molecule has 0 aliphatic rings. The minimum atomic E-state index is -0.124. The van der Waals surface area contributed by atoms with Crippen LogP contribution in [0.5, 0.6) is 11.5 Å². The van der Waals surface area contributed by atoms with E-state index in [1.54, 1.807) is 7.11 Å². The second-order valence-corrected chi connectivity index (χ2v) is 8.08. The largest absolute Gasteiger partial charge is 0.497 e. The predicted molar refractivity (Wildman–Crippen MR) is 134 cm³/mol. The van der Waals surface area contributed by atoms with Crippen molar-refractivity contribution in [1.82, 2.24) is 14.8 Å². The number of benzene rings is 2. The number of aromatic amines is 1. The van der Waals surface area contributed by atoms with Gasteiger partial charge in [0.25, 0.3) is 5.56 Å². The fraction of sp³-hybridized carbons (Fsp3) is 0.333. The molecule has 0 aliphatic carbocycles. The fourth-order valence-corrected chi connectivity index (χ4v) is 3.53. The smallest absolute Gasteiger partial charge is 0.253 e. The van der Waals surface area contributed by atoms with Gasteiger partial charge < -0.3 is 29.6 Å². The van der Waals surface area contributed by atoms with Crippen molar-refractivity contribution >= 4 is 33.9 Å². The maximum absolute atomic E-state index is 12.7. The number of rotatable bonds is 9. The number of thiocarbonyl (C=S) groups is 1. The van der Waals surface area contributed by atoms with Crippen LogP contribution in [0.4, 0.5) is 5.69 Å². The van der Waals surface area contributed by atoms with Crippen molar-refractivity contribution in [1.29, 1.82) is 0 Å². The van der Waals surface area contributed by atoms with Gasteiger partial charge in [-0.3, -0.25) is 4.79 Å².